The highest BCUT2D eigenvalue weighted by Gasteiger charge is 2.06. The highest BCUT2D eigenvalue weighted by molar-refractivity contribution is 6.03. The van der Waals surface area contributed by atoms with Crippen molar-refractivity contribution < 1.29 is 0 Å². The fourth-order valence-electron chi connectivity index (χ4n) is 1.90. The maximum absolute atomic E-state index is 4.44. The van der Waals surface area contributed by atoms with Crippen LogP contribution < -0.4 is 0 Å². The molecule has 1 aromatic carbocycles. The van der Waals surface area contributed by atoms with Gasteiger partial charge in [0.1, 0.15) is 0 Å². The van der Waals surface area contributed by atoms with Crippen LogP contribution in [0.4, 0.5) is 0 Å². The first-order valence-corrected chi connectivity index (χ1v) is 4.96. The Morgan fingerprint density at radius 1 is 1.13 bits per heavy atom. The maximum Gasteiger partial charge on any atom is 0.0762 e. The van der Waals surface area contributed by atoms with Gasteiger partial charge in [-0.1, -0.05) is 12.1 Å². The quantitative estimate of drug-likeness (QED) is 0.602. The van der Waals surface area contributed by atoms with Gasteiger partial charge in [-0.15, -0.1) is 0 Å². The number of hydrogen-bond donors (Lipinski definition) is 1. The van der Waals surface area contributed by atoms with Gasteiger partial charge in [0, 0.05) is 17.0 Å². The van der Waals surface area contributed by atoms with Crippen molar-refractivity contribution in [1.82, 2.24) is 15.2 Å². The Labute approximate surface area is 87.1 Å². The Balaban J connectivity index is 2.55. The van der Waals surface area contributed by atoms with Crippen LogP contribution in [0.15, 0.2) is 24.4 Å². The van der Waals surface area contributed by atoms with E-state index in [0.29, 0.717) is 0 Å². The summed E-state index contributed by atoms with van der Waals surface area (Å²) in [7, 11) is 0. The molecule has 0 bridgehead atoms. The van der Waals surface area contributed by atoms with Crippen molar-refractivity contribution in [3.05, 3.63) is 35.7 Å². The van der Waals surface area contributed by atoms with Crippen molar-refractivity contribution in [3.63, 3.8) is 0 Å². The minimum absolute atomic E-state index is 1.000. The number of hydrogen-bond acceptors (Lipinski definition) is 2. The van der Waals surface area contributed by atoms with Crippen LogP contribution in [0.3, 0.4) is 0 Å². The Hall–Kier alpha value is -1.90. The lowest BCUT2D eigenvalue weighted by atomic mass is 10.1. The molecule has 0 aliphatic heterocycles. The number of aryl methyl sites for hydroxylation is 2. The molecule has 2 heterocycles. The molecule has 74 valence electrons. The molecule has 0 aliphatic carbocycles. The third-order valence-electron chi connectivity index (χ3n) is 2.75. The zero-order valence-electron chi connectivity index (χ0n) is 8.70. The fourth-order valence-corrected chi connectivity index (χ4v) is 1.90. The summed E-state index contributed by atoms with van der Waals surface area (Å²) in [6.07, 6.45) is 1.88. The van der Waals surface area contributed by atoms with Crippen molar-refractivity contribution >= 4 is 21.8 Å². The van der Waals surface area contributed by atoms with Crippen LogP contribution in [0.2, 0.25) is 0 Å². The van der Waals surface area contributed by atoms with E-state index in [1.807, 2.05) is 13.1 Å². The molecule has 0 radical (unpaired) electrons. The van der Waals surface area contributed by atoms with Crippen LogP contribution >= 0.6 is 0 Å². The van der Waals surface area contributed by atoms with Gasteiger partial charge >= 0.3 is 0 Å². The summed E-state index contributed by atoms with van der Waals surface area (Å²) in [5.41, 5.74) is 4.33. The smallest absolute Gasteiger partial charge is 0.0762 e. The van der Waals surface area contributed by atoms with E-state index in [1.54, 1.807) is 0 Å². The number of aromatic amines is 1. The Morgan fingerprint density at radius 3 is 2.87 bits per heavy atom. The predicted octanol–water partition coefficient (Wildman–Crippen LogP) is 2.73. The SMILES string of the molecule is Cc1ccc2c(c1)ncc1c(C)n[nH]c12. The molecule has 0 amide bonds. The molecule has 1 N–H and O–H groups in total. The monoisotopic (exact) mass is 197 g/mol. The summed E-state index contributed by atoms with van der Waals surface area (Å²) in [4.78, 5) is 4.44. The van der Waals surface area contributed by atoms with Gasteiger partial charge in [-0.2, -0.15) is 5.10 Å². The van der Waals surface area contributed by atoms with Crippen LogP contribution in [-0.4, -0.2) is 15.2 Å². The molecule has 3 nitrogen and oxygen atoms in total. The van der Waals surface area contributed by atoms with Gasteiger partial charge in [-0.05, 0) is 25.5 Å². The van der Waals surface area contributed by atoms with Gasteiger partial charge in [-0.25, -0.2) is 0 Å². The number of fused-ring (bicyclic) bond motifs is 3. The van der Waals surface area contributed by atoms with Crippen LogP contribution in [0, 0.1) is 13.8 Å². The van der Waals surface area contributed by atoms with E-state index >= 15 is 0 Å². The molecular weight excluding hydrogens is 186 g/mol. The first kappa shape index (κ1) is 8.41. The average molecular weight is 197 g/mol. The van der Waals surface area contributed by atoms with Crippen LogP contribution in [-0.2, 0) is 0 Å². The van der Waals surface area contributed by atoms with Crippen molar-refractivity contribution in [2.75, 3.05) is 0 Å². The van der Waals surface area contributed by atoms with Gasteiger partial charge in [0.25, 0.3) is 0 Å². The number of nitrogens with one attached hydrogen (secondary N) is 1. The molecule has 0 fully saturated rings. The van der Waals surface area contributed by atoms with Crippen LogP contribution in [0.5, 0.6) is 0 Å². The number of pyridine rings is 1. The third kappa shape index (κ3) is 1.13. The van der Waals surface area contributed by atoms with E-state index in [9.17, 15) is 0 Å². The second kappa shape index (κ2) is 2.79. The molecule has 0 saturated carbocycles. The van der Waals surface area contributed by atoms with Gasteiger partial charge in [0.05, 0.1) is 16.7 Å². The minimum atomic E-state index is 1.000. The number of rotatable bonds is 0. The lowest BCUT2D eigenvalue weighted by Crippen LogP contribution is -1.82. The van der Waals surface area contributed by atoms with Gasteiger partial charge in [-0.3, -0.25) is 10.1 Å². The first-order chi connectivity index (χ1) is 7.25. The molecule has 0 saturated heterocycles. The van der Waals surface area contributed by atoms with Crippen molar-refractivity contribution in [1.29, 1.82) is 0 Å². The van der Waals surface area contributed by atoms with Crippen molar-refractivity contribution in [2.45, 2.75) is 13.8 Å². The molecule has 0 spiro atoms. The van der Waals surface area contributed by atoms with E-state index in [1.165, 1.54) is 5.56 Å². The van der Waals surface area contributed by atoms with Gasteiger partial charge in [0.15, 0.2) is 0 Å². The number of benzene rings is 1. The second-order valence-electron chi connectivity index (χ2n) is 3.88. The molecule has 15 heavy (non-hydrogen) atoms. The molecular formula is C12H11N3. The van der Waals surface area contributed by atoms with Crippen LogP contribution in [0.1, 0.15) is 11.3 Å². The van der Waals surface area contributed by atoms with Crippen molar-refractivity contribution in [2.24, 2.45) is 0 Å². The molecule has 0 unspecified atom stereocenters. The molecule has 2 aromatic heterocycles. The summed E-state index contributed by atoms with van der Waals surface area (Å²) in [5.74, 6) is 0. The number of H-pyrrole nitrogens is 1. The van der Waals surface area contributed by atoms with Gasteiger partial charge < -0.3 is 0 Å². The maximum atomic E-state index is 4.44. The van der Waals surface area contributed by atoms with Gasteiger partial charge in [0.2, 0.25) is 0 Å². The normalized spacial score (nSPS) is 11.3. The third-order valence-corrected chi connectivity index (χ3v) is 2.75. The Kier molecular flexibility index (Phi) is 1.57. The van der Waals surface area contributed by atoms with E-state index in [2.05, 4.69) is 40.3 Å². The molecule has 0 atom stereocenters. The molecule has 0 aliphatic rings. The Morgan fingerprint density at radius 2 is 2.00 bits per heavy atom. The Bertz CT molecular complexity index is 652. The first-order valence-electron chi connectivity index (χ1n) is 4.96. The fraction of sp³-hybridized carbons (Fsp3) is 0.167. The topological polar surface area (TPSA) is 41.6 Å². The number of aromatic nitrogens is 3. The standard InChI is InChI=1S/C12H11N3/c1-7-3-4-9-11(5-7)13-6-10-8(2)14-15-12(9)10/h3-6H,1-2H3,(H,14,15). The predicted molar refractivity (Wildman–Crippen MR) is 60.9 cm³/mol. The largest absolute Gasteiger partial charge is 0.277 e. The van der Waals surface area contributed by atoms with Crippen molar-refractivity contribution in [3.8, 4) is 0 Å². The number of nitrogens with zero attached hydrogens (tertiary/aromatic N) is 2. The average Bonchev–Trinajstić information content (AvgIpc) is 2.60. The zero-order chi connectivity index (χ0) is 10.4. The van der Waals surface area contributed by atoms with E-state index < -0.39 is 0 Å². The molecule has 3 aromatic rings. The van der Waals surface area contributed by atoms with E-state index in [-0.39, 0.29) is 0 Å². The summed E-state index contributed by atoms with van der Waals surface area (Å²) in [6.45, 7) is 4.06. The minimum Gasteiger partial charge on any atom is -0.277 e. The summed E-state index contributed by atoms with van der Waals surface area (Å²) in [6, 6.07) is 6.28. The lowest BCUT2D eigenvalue weighted by Gasteiger charge is -1.99. The summed E-state index contributed by atoms with van der Waals surface area (Å²) >= 11 is 0. The highest BCUT2D eigenvalue weighted by Crippen LogP contribution is 2.23. The summed E-state index contributed by atoms with van der Waals surface area (Å²) in [5, 5.41) is 9.50. The van der Waals surface area contributed by atoms with E-state index in [0.717, 1.165) is 27.5 Å². The molecule has 3 heteroatoms. The zero-order valence-corrected chi connectivity index (χ0v) is 8.70. The van der Waals surface area contributed by atoms with Crippen LogP contribution in [0.25, 0.3) is 21.8 Å². The molecule has 3 rings (SSSR count). The second-order valence-corrected chi connectivity index (χ2v) is 3.88. The summed E-state index contributed by atoms with van der Waals surface area (Å²) < 4.78 is 0. The highest BCUT2D eigenvalue weighted by atomic mass is 15.1. The van der Waals surface area contributed by atoms with E-state index in [4.69, 9.17) is 0 Å². The lowest BCUT2D eigenvalue weighted by molar-refractivity contribution is 1.07.